The number of amides is 2. The first-order chi connectivity index (χ1) is 9.90. The summed E-state index contributed by atoms with van der Waals surface area (Å²) in [5.41, 5.74) is 0. The summed E-state index contributed by atoms with van der Waals surface area (Å²) in [5, 5.41) is 9.02. The van der Waals surface area contributed by atoms with Crippen molar-refractivity contribution in [3.05, 3.63) is 0 Å². The number of nitrogens with zero attached hydrogens (tertiary/aromatic N) is 3. The molecule has 1 saturated heterocycles. The number of piperidine rings is 1. The molecule has 0 saturated carbocycles. The van der Waals surface area contributed by atoms with E-state index in [9.17, 15) is 9.59 Å². The van der Waals surface area contributed by atoms with Crippen LogP contribution in [0.15, 0.2) is 0 Å². The Morgan fingerprint density at radius 1 is 1.29 bits per heavy atom. The molecule has 1 aliphatic heterocycles. The number of hydrogen-bond donors (Lipinski definition) is 1. The van der Waals surface area contributed by atoms with Gasteiger partial charge in [0, 0.05) is 32.2 Å². The Hall–Kier alpha value is -1.30. The van der Waals surface area contributed by atoms with Crippen LogP contribution in [0, 0.1) is 0 Å². The largest absolute Gasteiger partial charge is 0.480 e. The molecule has 122 valence electrons. The molecule has 0 aliphatic carbocycles. The molecule has 1 heterocycles. The summed E-state index contributed by atoms with van der Waals surface area (Å²) < 4.78 is 0. The van der Waals surface area contributed by atoms with Crippen LogP contribution in [0.2, 0.25) is 0 Å². The van der Waals surface area contributed by atoms with E-state index in [2.05, 4.69) is 11.8 Å². The van der Waals surface area contributed by atoms with Crippen LogP contribution in [0.3, 0.4) is 0 Å². The van der Waals surface area contributed by atoms with Crippen molar-refractivity contribution >= 4 is 12.0 Å². The van der Waals surface area contributed by atoms with Crippen LogP contribution < -0.4 is 0 Å². The van der Waals surface area contributed by atoms with E-state index < -0.39 is 5.97 Å². The van der Waals surface area contributed by atoms with Crippen LogP contribution in [0.5, 0.6) is 0 Å². The first kappa shape index (κ1) is 17.8. The summed E-state index contributed by atoms with van der Waals surface area (Å²) in [4.78, 5) is 29.2. The molecule has 0 spiro atoms. The van der Waals surface area contributed by atoms with Gasteiger partial charge in [-0.15, -0.1) is 0 Å². The summed E-state index contributed by atoms with van der Waals surface area (Å²) in [7, 11) is 1.80. The van der Waals surface area contributed by atoms with Crippen LogP contribution in [-0.2, 0) is 4.79 Å². The second kappa shape index (κ2) is 8.22. The molecule has 0 aromatic heterocycles. The van der Waals surface area contributed by atoms with E-state index in [1.807, 2.05) is 13.8 Å². The van der Waals surface area contributed by atoms with Crippen molar-refractivity contribution in [3.63, 3.8) is 0 Å². The molecule has 21 heavy (non-hydrogen) atoms. The third-order valence-corrected chi connectivity index (χ3v) is 4.53. The maximum Gasteiger partial charge on any atom is 0.323 e. The zero-order valence-corrected chi connectivity index (χ0v) is 13.7. The van der Waals surface area contributed by atoms with Crippen molar-refractivity contribution in [2.75, 3.05) is 33.2 Å². The van der Waals surface area contributed by atoms with Gasteiger partial charge in [-0.05, 0) is 32.7 Å². The molecule has 1 fully saturated rings. The van der Waals surface area contributed by atoms with Gasteiger partial charge in [-0.25, -0.2) is 4.79 Å². The van der Waals surface area contributed by atoms with Gasteiger partial charge in [0.25, 0.3) is 0 Å². The van der Waals surface area contributed by atoms with Gasteiger partial charge in [0.2, 0.25) is 0 Å². The Bertz CT molecular complexity index is 354. The van der Waals surface area contributed by atoms with Crippen molar-refractivity contribution in [1.82, 2.24) is 14.7 Å². The fourth-order valence-corrected chi connectivity index (χ4v) is 2.76. The Morgan fingerprint density at radius 2 is 1.86 bits per heavy atom. The Labute approximate surface area is 127 Å². The number of aliphatic carboxylic acids is 1. The molecule has 2 amide bonds. The predicted molar refractivity (Wildman–Crippen MR) is 82.4 cm³/mol. The molecule has 0 radical (unpaired) electrons. The Balaban J connectivity index is 2.67. The fourth-order valence-electron chi connectivity index (χ4n) is 2.76. The first-order valence-corrected chi connectivity index (χ1v) is 7.88. The number of likely N-dealkylation sites (tertiary alicyclic amines) is 1. The highest BCUT2D eigenvalue weighted by Gasteiger charge is 2.30. The number of carboxylic acids is 1. The maximum atomic E-state index is 12.6. The smallest absolute Gasteiger partial charge is 0.323 e. The molecule has 1 aliphatic rings. The summed E-state index contributed by atoms with van der Waals surface area (Å²) >= 11 is 0. The SMILES string of the molecule is CCC(C)N(CC(=O)O)C(=O)N(C)C1CCN(CC)CC1. The summed E-state index contributed by atoms with van der Waals surface area (Å²) in [6, 6.07) is -0.0193. The van der Waals surface area contributed by atoms with Gasteiger partial charge in [0.05, 0.1) is 0 Å². The van der Waals surface area contributed by atoms with Crippen LogP contribution in [-0.4, -0.2) is 77.1 Å². The molecule has 6 nitrogen and oxygen atoms in total. The molecule has 0 aromatic rings. The molecule has 1 atom stereocenters. The molecule has 1 unspecified atom stereocenters. The van der Waals surface area contributed by atoms with Crippen LogP contribution in [0.1, 0.15) is 40.0 Å². The fraction of sp³-hybridized carbons (Fsp3) is 0.867. The maximum absolute atomic E-state index is 12.6. The summed E-state index contributed by atoms with van der Waals surface area (Å²) in [6.45, 7) is 8.82. The van der Waals surface area contributed by atoms with Crippen molar-refractivity contribution in [2.24, 2.45) is 0 Å². The lowest BCUT2D eigenvalue weighted by molar-refractivity contribution is -0.138. The molecule has 1 N–H and O–H groups in total. The minimum Gasteiger partial charge on any atom is -0.480 e. The Morgan fingerprint density at radius 3 is 2.29 bits per heavy atom. The number of carbonyl (C=O) groups is 2. The highest BCUT2D eigenvalue weighted by Crippen LogP contribution is 2.18. The van der Waals surface area contributed by atoms with E-state index in [1.165, 1.54) is 4.90 Å². The standard InChI is InChI=1S/C15H29N3O3/c1-5-12(3)18(11-14(19)20)15(21)16(4)13-7-9-17(6-2)10-8-13/h12-13H,5-11H2,1-4H3,(H,19,20). The van der Waals surface area contributed by atoms with E-state index in [-0.39, 0.29) is 24.7 Å². The van der Waals surface area contributed by atoms with Gasteiger partial charge in [-0.3, -0.25) is 4.79 Å². The third kappa shape index (κ3) is 4.88. The lowest BCUT2D eigenvalue weighted by Crippen LogP contribution is -2.53. The van der Waals surface area contributed by atoms with Gasteiger partial charge in [-0.2, -0.15) is 0 Å². The predicted octanol–water partition coefficient (Wildman–Crippen LogP) is 1.71. The van der Waals surface area contributed by atoms with E-state index in [0.717, 1.165) is 38.9 Å². The second-order valence-electron chi connectivity index (χ2n) is 5.84. The quantitative estimate of drug-likeness (QED) is 0.811. The number of carbonyl (C=O) groups excluding carboxylic acids is 1. The van der Waals surface area contributed by atoms with Crippen LogP contribution in [0.4, 0.5) is 4.79 Å². The zero-order valence-electron chi connectivity index (χ0n) is 13.7. The van der Waals surface area contributed by atoms with Crippen molar-refractivity contribution in [1.29, 1.82) is 0 Å². The normalized spacial score (nSPS) is 18.3. The van der Waals surface area contributed by atoms with E-state index in [4.69, 9.17) is 5.11 Å². The van der Waals surface area contributed by atoms with Gasteiger partial charge >= 0.3 is 12.0 Å². The Kier molecular flexibility index (Phi) is 6.95. The van der Waals surface area contributed by atoms with Crippen molar-refractivity contribution in [2.45, 2.75) is 52.1 Å². The summed E-state index contributed by atoms with van der Waals surface area (Å²) in [5.74, 6) is -0.960. The number of rotatable bonds is 6. The molecule has 0 aromatic carbocycles. The van der Waals surface area contributed by atoms with Crippen molar-refractivity contribution in [3.8, 4) is 0 Å². The van der Waals surface area contributed by atoms with Crippen LogP contribution in [0.25, 0.3) is 0 Å². The third-order valence-electron chi connectivity index (χ3n) is 4.53. The average molecular weight is 299 g/mol. The highest BCUT2D eigenvalue weighted by atomic mass is 16.4. The highest BCUT2D eigenvalue weighted by molar-refractivity contribution is 5.80. The molecule has 0 bridgehead atoms. The number of hydrogen-bond acceptors (Lipinski definition) is 3. The molecule has 1 rings (SSSR count). The van der Waals surface area contributed by atoms with Crippen molar-refractivity contribution < 1.29 is 14.7 Å². The molecular weight excluding hydrogens is 270 g/mol. The van der Waals surface area contributed by atoms with E-state index in [0.29, 0.717) is 0 Å². The zero-order chi connectivity index (χ0) is 16.0. The minimum absolute atomic E-state index is 0.0632. The van der Waals surface area contributed by atoms with Gasteiger partial charge in [0.15, 0.2) is 0 Å². The number of carboxylic acid groups (broad SMARTS) is 1. The average Bonchev–Trinajstić information content (AvgIpc) is 2.50. The topological polar surface area (TPSA) is 64.1 Å². The lowest BCUT2D eigenvalue weighted by Gasteiger charge is -2.39. The van der Waals surface area contributed by atoms with Gasteiger partial charge in [0.1, 0.15) is 6.54 Å². The van der Waals surface area contributed by atoms with Crippen LogP contribution >= 0.6 is 0 Å². The summed E-state index contributed by atoms with van der Waals surface area (Å²) in [6.07, 6.45) is 2.66. The minimum atomic E-state index is -0.960. The van der Waals surface area contributed by atoms with Gasteiger partial charge in [-0.1, -0.05) is 13.8 Å². The van der Waals surface area contributed by atoms with E-state index >= 15 is 0 Å². The number of urea groups is 1. The monoisotopic (exact) mass is 299 g/mol. The second-order valence-corrected chi connectivity index (χ2v) is 5.84. The molecular formula is C15H29N3O3. The molecule has 6 heteroatoms. The lowest BCUT2D eigenvalue weighted by atomic mass is 10.0. The first-order valence-electron chi connectivity index (χ1n) is 7.88. The van der Waals surface area contributed by atoms with E-state index in [1.54, 1.807) is 11.9 Å². The van der Waals surface area contributed by atoms with Gasteiger partial charge < -0.3 is 19.8 Å².